The highest BCUT2D eigenvalue weighted by Gasteiger charge is 2.35. The van der Waals surface area contributed by atoms with Crippen LogP contribution in [0.3, 0.4) is 0 Å². The first-order valence-electron chi connectivity index (χ1n) is 6.53. The van der Waals surface area contributed by atoms with Crippen LogP contribution in [0.2, 0.25) is 0 Å². The Morgan fingerprint density at radius 1 is 1.43 bits per heavy atom. The molecule has 1 aromatic heterocycles. The van der Waals surface area contributed by atoms with E-state index in [2.05, 4.69) is 16.0 Å². The molecule has 1 atom stereocenters. The zero-order chi connectivity index (χ0) is 16.7. The third kappa shape index (κ3) is 2.91. The number of anilines is 2. The maximum atomic E-state index is 12.3. The molecule has 0 aliphatic carbocycles. The molecule has 1 aliphatic heterocycles. The molecule has 23 heavy (non-hydrogen) atoms. The van der Waals surface area contributed by atoms with E-state index < -0.39 is 15.6 Å². The molecular formula is C15H12N2O3S3. The lowest BCUT2D eigenvalue weighted by molar-refractivity contribution is 0.138. The highest BCUT2D eigenvalue weighted by atomic mass is 32.2. The van der Waals surface area contributed by atoms with Gasteiger partial charge in [-0.3, -0.25) is 4.72 Å². The molecule has 3 rings (SSSR count). The quantitative estimate of drug-likeness (QED) is 0.647. The number of terminal acetylenes is 1. The number of ether oxygens (including phenoxy) is 1. The fourth-order valence-corrected chi connectivity index (χ4v) is 4.54. The number of hydrogen-bond donors (Lipinski definition) is 2. The minimum Gasteiger partial charge on any atom is -0.447 e. The van der Waals surface area contributed by atoms with Crippen molar-refractivity contribution < 1.29 is 13.2 Å². The molecule has 1 aliphatic rings. The number of nitrogens with one attached hydrogen (secondary N) is 2. The molecule has 1 aromatic carbocycles. The van der Waals surface area contributed by atoms with Crippen molar-refractivity contribution in [2.75, 3.05) is 10.0 Å². The maximum absolute atomic E-state index is 12.3. The third-order valence-corrected chi connectivity index (χ3v) is 6.32. The summed E-state index contributed by atoms with van der Waals surface area (Å²) in [6.45, 7) is 1.70. The van der Waals surface area contributed by atoms with Gasteiger partial charge in [-0.15, -0.1) is 17.8 Å². The van der Waals surface area contributed by atoms with Gasteiger partial charge in [0.1, 0.15) is 4.21 Å². The van der Waals surface area contributed by atoms with Gasteiger partial charge in [-0.2, -0.15) is 0 Å². The summed E-state index contributed by atoms with van der Waals surface area (Å²) in [4.78, 5) is 0. The van der Waals surface area contributed by atoms with E-state index in [1.54, 1.807) is 42.6 Å². The third-order valence-electron chi connectivity index (χ3n) is 3.35. The lowest BCUT2D eigenvalue weighted by Crippen LogP contribution is -2.36. The second-order valence-corrected chi connectivity index (χ2v) is 8.22. The Balaban J connectivity index is 2.00. The second kappa shape index (κ2) is 5.53. The zero-order valence-electron chi connectivity index (χ0n) is 12.0. The molecule has 0 radical (unpaired) electrons. The summed E-state index contributed by atoms with van der Waals surface area (Å²) in [5, 5.41) is 4.79. The fraction of sp³-hybridized carbons (Fsp3) is 0.133. The standard InChI is InChI=1S/C15H12N2O3S3/c1-3-15(2)11-9-10(6-7-12(11)16-14(21)20-15)17-23(18,19)13-5-4-8-22-13/h1,4-9,17H,2H3,(H,16,21). The Kier molecular flexibility index (Phi) is 3.80. The number of hydrogen-bond acceptors (Lipinski definition) is 5. The molecule has 0 bridgehead atoms. The van der Waals surface area contributed by atoms with Gasteiger partial charge in [-0.1, -0.05) is 12.0 Å². The van der Waals surface area contributed by atoms with Crippen molar-refractivity contribution in [2.45, 2.75) is 16.7 Å². The fourth-order valence-electron chi connectivity index (χ4n) is 2.22. The van der Waals surface area contributed by atoms with Crippen molar-refractivity contribution in [1.82, 2.24) is 0 Å². The first-order chi connectivity index (χ1) is 10.8. The van der Waals surface area contributed by atoms with Crippen molar-refractivity contribution in [1.29, 1.82) is 0 Å². The second-order valence-electron chi connectivity index (χ2n) is 4.99. The summed E-state index contributed by atoms with van der Waals surface area (Å²) in [5.74, 6) is 2.56. The summed E-state index contributed by atoms with van der Waals surface area (Å²) >= 11 is 6.18. The number of fused-ring (bicyclic) bond motifs is 1. The number of thiocarbonyl (C=S) groups is 1. The summed E-state index contributed by atoms with van der Waals surface area (Å²) in [6.07, 6.45) is 5.57. The first kappa shape index (κ1) is 15.8. The molecule has 8 heteroatoms. The normalized spacial score (nSPS) is 19.9. The van der Waals surface area contributed by atoms with Gasteiger partial charge in [-0.05, 0) is 48.8 Å². The topological polar surface area (TPSA) is 67.4 Å². The van der Waals surface area contributed by atoms with Gasteiger partial charge in [0.05, 0.1) is 5.69 Å². The average molecular weight is 364 g/mol. The lowest BCUT2D eigenvalue weighted by atomic mass is 9.93. The minimum atomic E-state index is -3.62. The van der Waals surface area contributed by atoms with Gasteiger partial charge in [0.2, 0.25) is 0 Å². The van der Waals surface area contributed by atoms with E-state index in [1.165, 1.54) is 0 Å². The molecule has 118 valence electrons. The summed E-state index contributed by atoms with van der Waals surface area (Å²) in [7, 11) is -3.62. The van der Waals surface area contributed by atoms with Crippen LogP contribution in [0.15, 0.2) is 39.9 Å². The van der Waals surface area contributed by atoms with Crippen LogP contribution in [0.1, 0.15) is 12.5 Å². The minimum absolute atomic E-state index is 0.185. The summed E-state index contributed by atoms with van der Waals surface area (Å²) in [6, 6.07) is 8.23. The van der Waals surface area contributed by atoms with E-state index in [0.717, 1.165) is 11.3 Å². The number of thiophene rings is 1. The van der Waals surface area contributed by atoms with Gasteiger partial charge < -0.3 is 10.1 Å². The molecular weight excluding hydrogens is 352 g/mol. The Hall–Kier alpha value is -2.08. The van der Waals surface area contributed by atoms with Gasteiger partial charge >= 0.3 is 0 Å². The predicted octanol–water partition coefficient (Wildman–Crippen LogP) is 3.12. The Labute approximate surface area is 143 Å². The van der Waals surface area contributed by atoms with Gasteiger partial charge in [0, 0.05) is 11.3 Å². The predicted molar refractivity (Wildman–Crippen MR) is 95.1 cm³/mol. The maximum Gasteiger partial charge on any atom is 0.271 e. The number of rotatable bonds is 3. The van der Waals surface area contributed by atoms with E-state index in [1.807, 2.05) is 0 Å². The molecule has 0 fully saturated rings. The van der Waals surface area contributed by atoms with Crippen molar-refractivity contribution in [3.63, 3.8) is 0 Å². The molecule has 2 heterocycles. The zero-order valence-corrected chi connectivity index (χ0v) is 14.4. The van der Waals surface area contributed by atoms with Crippen LogP contribution in [-0.4, -0.2) is 13.6 Å². The van der Waals surface area contributed by atoms with Crippen LogP contribution in [0.5, 0.6) is 0 Å². The molecule has 2 aromatic rings. The molecule has 5 nitrogen and oxygen atoms in total. The van der Waals surface area contributed by atoms with E-state index in [4.69, 9.17) is 23.4 Å². The number of sulfonamides is 1. The molecule has 0 saturated heterocycles. The highest BCUT2D eigenvalue weighted by Crippen LogP contribution is 2.37. The van der Waals surface area contributed by atoms with E-state index >= 15 is 0 Å². The van der Waals surface area contributed by atoms with Crippen molar-refractivity contribution >= 4 is 50.1 Å². The largest absolute Gasteiger partial charge is 0.447 e. The molecule has 0 spiro atoms. The van der Waals surface area contributed by atoms with E-state index in [-0.39, 0.29) is 9.38 Å². The van der Waals surface area contributed by atoms with Gasteiger partial charge in [0.25, 0.3) is 15.2 Å². The van der Waals surface area contributed by atoms with E-state index in [9.17, 15) is 8.42 Å². The van der Waals surface area contributed by atoms with E-state index in [0.29, 0.717) is 16.9 Å². The Bertz CT molecular complexity index is 914. The van der Waals surface area contributed by atoms with Gasteiger partial charge in [0.15, 0.2) is 5.60 Å². The average Bonchev–Trinajstić information content (AvgIpc) is 3.03. The van der Waals surface area contributed by atoms with Crippen LogP contribution >= 0.6 is 23.6 Å². The van der Waals surface area contributed by atoms with Crippen molar-refractivity contribution in [2.24, 2.45) is 0 Å². The number of benzene rings is 1. The Morgan fingerprint density at radius 3 is 2.87 bits per heavy atom. The van der Waals surface area contributed by atoms with Crippen LogP contribution in [0, 0.1) is 12.3 Å². The molecule has 2 N–H and O–H groups in total. The molecule has 0 saturated carbocycles. The van der Waals surface area contributed by atoms with Crippen LogP contribution < -0.4 is 10.0 Å². The lowest BCUT2D eigenvalue weighted by Gasteiger charge is -2.33. The molecule has 0 amide bonds. The first-order valence-corrected chi connectivity index (χ1v) is 9.30. The van der Waals surface area contributed by atoms with Crippen molar-refractivity contribution in [3.05, 3.63) is 41.3 Å². The summed E-state index contributed by atoms with van der Waals surface area (Å²) < 4.78 is 32.9. The SMILES string of the molecule is C#CC1(C)OC(=S)Nc2ccc(NS(=O)(=O)c3cccs3)cc21. The van der Waals surface area contributed by atoms with Gasteiger partial charge in [-0.25, -0.2) is 8.42 Å². The monoisotopic (exact) mass is 364 g/mol. The van der Waals surface area contributed by atoms with Crippen molar-refractivity contribution in [3.8, 4) is 12.3 Å². The smallest absolute Gasteiger partial charge is 0.271 e. The Morgan fingerprint density at radius 2 is 2.22 bits per heavy atom. The van der Waals surface area contributed by atoms with Crippen LogP contribution in [0.4, 0.5) is 11.4 Å². The van der Waals surface area contributed by atoms with Crippen LogP contribution in [-0.2, 0) is 20.4 Å². The van der Waals surface area contributed by atoms with Crippen LogP contribution in [0.25, 0.3) is 0 Å². The molecule has 1 unspecified atom stereocenters. The summed E-state index contributed by atoms with van der Waals surface area (Å²) in [5.41, 5.74) is 0.680. The highest BCUT2D eigenvalue weighted by molar-refractivity contribution is 7.94.